The predicted molar refractivity (Wildman–Crippen MR) is 189 cm³/mol. The molecule has 2 nitrogen and oxygen atoms in total. The topological polar surface area (TPSA) is 17.8 Å². The minimum absolute atomic E-state index is 0.214. The summed E-state index contributed by atoms with van der Waals surface area (Å²) < 4.78 is 2.31. The van der Waals surface area contributed by atoms with Crippen LogP contribution >= 0.6 is 0 Å². The maximum atomic E-state index is 4.41. The smallest absolute Gasteiger partial charge is 0.130 e. The van der Waals surface area contributed by atoms with Crippen molar-refractivity contribution in [3.05, 3.63) is 198 Å². The van der Waals surface area contributed by atoms with Gasteiger partial charge in [-0.3, -0.25) is 0 Å². The minimum atomic E-state index is -0.800. The van der Waals surface area contributed by atoms with Crippen molar-refractivity contribution >= 4 is 28.1 Å². The van der Waals surface area contributed by atoms with Crippen LogP contribution in [0.4, 0.5) is 0 Å². The highest BCUT2D eigenvalue weighted by Gasteiger charge is 2.36. The van der Waals surface area contributed by atoms with E-state index in [4.69, 9.17) is 0 Å². The fourth-order valence-electron chi connectivity index (χ4n) is 5.77. The van der Waals surface area contributed by atoms with E-state index in [9.17, 15) is 0 Å². The Morgan fingerprint density at radius 2 is 1.21 bits per heavy atom. The number of hydrogen-bond acceptors (Lipinski definition) is 1. The molecule has 0 saturated carbocycles. The molecule has 0 bridgehead atoms. The van der Waals surface area contributed by atoms with Crippen molar-refractivity contribution in [2.45, 2.75) is 24.9 Å². The molecule has 6 aromatic rings. The van der Waals surface area contributed by atoms with Gasteiger partial charge in [0.25, 0.3) is 0 Å². The number of aromatic nitrogens is 2. The van der Waals surface area contributed by atoms with Crippen LogP contribution in [-0.4, -0.2) is 26.9 Å². The van der Waals surface area contributed by atoms with Crippen LogP contribution in [-0.2, 0) is 5.16 Å². The first-order valence-corrected chi connectivity index (χ1v) is 16.5. The summed E-state index contributed by atoms with van der Waals surface area (Å²) in [7, 11) is 1.28. The van der Waals surface area contributed by atoms with E-state index in [1.807, 2.05) is 24.7 Å². The van der Waals surface area contributed by atoms with Gasteiger partial charge in [-0.15, -0.1) is 5.98 Å². The van der Waals surface area contributed by atoms with Crippen molar-refractivity contribution in [3.63, 3.8) is 0 Å². The lowest BCUT2D eigenvalue weighted by Gasteiger charge is -2.37. The zero-order valence-electron chi connectivity index (χ0n) is 25.3. The van der Waals surface area contributed by atoms with E-state index in [2.05, 4.69) is 177 Å². The van der Waals surface area contributed by atoms with Crippen LogP contribution in [0.25, 0.3) is 5.57 Å². The highest BCUT2D eigenvalue weighted by Crippen LogP contribution is 2.33. The van der Waals surface area contributed by atoms with Gasteiger partial charge in [0.05, 0.1) is 21.0 Å². The lowest BCUT2D eigenvalue weighted by molar-refractivity contribution is 0.596. The van der Waals surface area contributed by atoms with E-state index >= 15 is 0 Å². The van der Waals surface area contributed by atoms with Gasteiger partial charge in [-0.05, 0) is 39.3 Å². The number of hydrogen-bond donors (Lipinski definition) is 0. The van der Waals surface area contributed by atoms with Crippen LogP contribution < -0.4 is 5.19 Å². The molecule has 1 aromatic heterocycles. The largest absolute Gasteiger partial charge is 0.326 e. The fraction of sp³-hybridized carbons (Fsp3) is 0.103. The normalized spacial score (nSPS) is 11.2. The fourth-order valence-corrected chi connectivity index (χ4v) is 8.20. The van der Waals surface area contributed by atoms with Crippen molar-refractivity contribution in [1.29, 1.82) is 0 Å². The van der Waals surface area contributed by atoms with Crippen molar-refractivity contribution in [1.82, 2.24) is 9.55 Å². The molecule has 1 heterocycles. The number of benzene rings is 5. The summed E-state index contributed by atoms with van der Waals surface area (Å²) in [5.41, 5.74) is 7.88. The molecule has 6 rings (SSSR count). The zero-order chi connectivity index (χ0) is 29.9. The van der Waals surface area contributed by atoms with E-state index in [1.54, 1.807) is 0 Å². The van der Waals surface area contributed by atoms with Crippen molar-refractivity contribution < 1.29 is 0 Å². The Labute approximate surface area is 260 Å². The summed E-state index contributed by atoms with van der Waals surface area (Å²) in [6, 6.07) is 51.9. The quantitative estimate of drug-likeness (QED) is 0.180. The molecule has 0 radical (unpaired) electrons. The summed E-state index contributed by atoms with van der Waals surface area (Å²) in [6.45, 7) is 4.52. The van der Waals surface area contributed by atoms with E-state index in [0.29, 0.717) is 5.92 Å². The Kier molecular flexibility index (Phi) is 10.0. The highest BCUT2D eigenvalue weighted by molar-refractivity contribution is 6.57. The SMILES string of the molecule is BC=C(c1ccccc1)c1ccccc1.CC(C)c1cccc([SiH2]C(c2ccccc2)(c2ccccc2)n2ccnc2)c1. The Morgan fingerprint density at radius 3 is 1.65 bits per heavy atom. The molecule has 0 spiro atoms. The average molecular weight is 575 g/mol. The molecule has 0 amide bonds. The second-order valence-corrected chi connectivity index (χ2v) is 13.3. The molecule has 0 atom stereocenters. The van der Waals surface area contributed by atoms with Gasteiger partial charge in [0.2, 0.25) is 0 Å². The van der Waals surface area contributed by atoms with Crippen LogP contribution in [0.2, 0.25) is 0 Å². The molecular weight excluding hydrogens is 535 g/mol. The second-order valence-electron chi connectivity index (χ2n) is 11.1. The van der Waals surface area contributed by atoms with Crippen molar-refractivity contribution in [2.75, 3.05) is 0 Å². The summed E-state index contributed by atoms with van der Waals surface area (Å²) in [6.07, 6.45) is 5.97. The molecule has 4 heteroatoms. The van der Waals surface area contributed by atoms with Crippen LogP contribution in [0, 0.1) is 0 Å². The third-order valence-electron chi connectivity index (χ3n) is 7.98. The van der Waals surface area contributed by atoms with Gasteiger partial charge in [0, 0.05) is 12.4 Å². The maximum absolute atomic E-state index is 4.41. The van der Waals surface area contributed by atoms with Gasteiger partial charge in [-0.1, -0.05) is 165 Å². The van der Waals surface area contributed by atoms with Crippen LogP contribution in [0.3, 0.4) is 0 Å². The van der Waals surface area contributed by atoms with Gasteiger partial charge in [0.15, 0.2) is 0 Å². The summed E-state index contributed by atoms with van der Waals surface area (Å²) in [5.74, 6) is 2.69. The third-order valence-corrected chi connectivity index (χ3v) is 10.5. The molecule has 0 fully saturated rings. The maximum Gasteiger partial charge on any atom is 0.130 e. The van der Waals surface area contributed by atoms with Crippen LogP contribution in [0.5, 0.6) is 0 Å². The molecule has 0 aliphatic rings. The molecule has 0 saturated heterocycles. The van der Waals surface area contributed by atoms with Crippen molar-refractivity contribution in [2.24, 2.45) is 0 Å². The number of imidazole rings is 1. The van der Waals surface area contributed by atoms with E-state index in [1.165, 1.54) is 38.6 Å². The van der Waals surface area contributed by atoms with Gasteiger partial charge >= 0.3 is 0 Å². The second kappa shape index (κ2) is 14.5. The Hall–Kier alpha value is -4.67. The van der Waals surface area contributed by atoms with E-state index < -0.39 is 9.52 Å². The molecular formula is C39H39BN2Si. The molecule has 0 N–H and O–H groups in total. The first-order chi connectivity index (χ1) is 21.1. The van der Waals surface area contributed by atoms with Crippen LogP contribution in [0.1, 0.15) is 47.6 Å². The summed E-state index contributed by atoms with van der Waals surface area (Å²) in [4.78, 5) is 4.41. The summed E-state index contributed by atoms with van der Waals surface area (Å²) in [5, 5.41) is 1.25. The molecule has 0 unspecified atom stereocenters. The molecule has 5 aromatic carbocycles. The lowest BCUT2D eigenvalue weighted by Crippen LogP contribution is -2.46. The average Bonchev–Trinajstić information content (AvgIpc) is 3.62. The minimum Gasteiger partial charge on any atom is -0.326 e. The zero-order valence-corrected chi connectivity index (χ0v) is 26.8. The van der Waals surface area contributed by atoms with Crippen molar-refractivity contribution in [3.8, 4) is 0 Å². The van der Waals surface area contributed by atoms with Crippen LogP contribution in [0.15, 0.2) is 170 Å². The van der Waals surface area contributed by atoms with Gasteiger partial charge in [-0.25, -0.2) is 4.98 Å². The Balaban J connectivity index is 0.000000207. The van der Waals surface area contributed by atoms with E-state index in [0.717, 1.165) is 0 Å². The monoisotopic (exact) mass is 574 g/mol. The molecule has 212 valence electrons. The first kappa shape index (κ1) is 29.8. The van der Waals surface area contributed by atoms with Gasteiger partial charge < -0.3 is 4.57 Å². The molecule has 43 heavy (non-hydrogen) atoms. The number of rotatable bonds is 8. The standard InChI is InChI=1S/C25H26N2Si.C14H13B/c1-20(2)21-10-9-15-24(18-21)28-25(27-17-16-26-19-27,22-11-5-3-6-12-22)23-13-7-4-8-14-23;15-11-14(12-7-3-1-4-8-12)13-9-5-2-6-10-13/h3-20H,28H2,1-2H3;1-11H,15H2. The highest BCUT2D eigenvalue weighted by atomic mass is 28.2. The molecule has 0 aliphatic carbocycles. The van der Waals surface area contributed by atoms with E-state index in [-0.39, 0.29) is 5.16 Å². The Bertz CT molecular complexity index is 1620. The predicted octanol–water partition coefficient (Wildman–Crippen LogP) is 6.96. The molecule has 0 aliphatic heterocycles. The lowest BCUT2D eigenvalue weighted by atomic mass is 9.92. The van der Waals surface area contributed by atoms with Gasteiger partial charge in [-0.2, -0.15) is 0 Å². The number of nitrogens with zero attached hydrogens (tertiary/aromatic N) is 2. The third kappa shape index (κ3) is 7.05. The van der Waals surface area contributed by atoms with Gasteiger partial charge in [0.1, 0.15) is 7.85 Å². The summed E-state index contributed by atoms with van der Waals surface area (Å²) >= 11 is 0. The first-order valence-electron chi connectivity index (χ1n) is 15.1. The Morgan fingerprint density at radius 1 is 0.698 bits per heavy atom.